The SMILES string of the molecule is CCC1=Cc2c(C(C)C)cc(C(C)C)cc2[CH]1[Hf]([Cl])([Cl])([CH]1C(CC)=Cc2c(C(C)C)cc(C(C)C)cc21)[SiH](C)C. The van der Waals surface area contributed by atoms with E-state index in [9.17, 15) is 0 Å². The van der Waals surface area contributed by atoms with E-state index in [2.05, 4.69) is 119 Å². The summed E-state index contributed by atoms with van der Waals surface area (Å²) in [5.74, 6) is 0.330. The molecule has 0 aromatic heterocycles. The molecule has 40 heavy (non-hydrogen) atoms. The van der Waals surface area contributed by atoms with Crippen molar-refractivity contribution in [2.45, 2.75) is 126 Å². The van der Waals surface area contributed by atoms with Gasteiger partial charge in [0.05, 0.1) is 0 Å². The molecule has 2 aromatic carbocycles. The third-order valence-corrected chi connectivity index (χ3v) is 83.0. The summed E-state index contributed by atoms with van der Waals surface area (Å²) in [4.78, 5) is 0. The van der Waals surface area contributed by atoms with Gasteiger partial charge in [0.1, 0.15) is 0 Å². The van der Waals surface area contributed by atoms with Gasteiger partial charge < -0.3 is 0 Å². The van der Waals surface area contributed by atoms with Crippen LogP contribution < -0.4 is 0 Å². The van der Waals surface area contributed by atoms with Gasteiger partial charge in [-0.2, -0.15) is 0 Å². The molecule has 219 valence electrons. The van der Waals surface area contributed by atoms with Crippen molar-refractivity contribution >= 4 is 35.3 Å². The van der Waals surface area contributed by atoms with Crippen molar-refractivity contribution in [2.24, 2.45) is 0 Å². The van der Waals surface area contributed by atoms with Crippen LogP contribution in [0.1, 0.15) is 158 Å². The Kier molecular flexibility index (Phi) is 9.42. The second kappa shape index (κ2) is 11.6. The Bertz CT molecular complexity index is 1260. The normalized spacial score (nSPS) is 19.9. The van der Waals surface area contributed by atoms with E-state index in [0.717, 1.165) is 12.8 Å². The van der Waals surface area contributed by atoms with Crippen molar-refractivity contribution in [1.82, 2.24) is 0 Å². The van der Waals surface area contributed by atoms with Gasteiger partial charge in [0.25, 0.3) is 0 Å². The van der Waals surface area contributed by atoms with Gasteiger partial charge in [-0.05, 0) is 0 Å². The minimum absolute atomic E-state index is 0.194. The van der Waals surface area contributed by atoms with Crippen molar-refractivity contribution in [2.75, 3.05) is 0 Å². The predicted octanol–water partition coefficient (Wildman–Crippen LogP) is 12.6. The van der Waals surface area contributed by atoms with Crippen LogP contribution in [0.25, 0.3) is 12.2 Å². The van der Waals surface area contributed by atoms with E-state index in [1.807, 2.05) is 0 Å². The first-order valence-corrected chi connectivity index (χ1v) is 38.1. The van der Waals surface area contributed by atoms with Gasteiger partial charge in [-0.25, -0.2) is 0 Å². The van der Waals surface area contributed by atoms with E-state index in [1.54, 1.807) is 0 Å². The van der Waals surface area contributed by atoms with Crippen LogP contribution in [0.4, 0.5) is 0 Å². The summed E-state index contributed by atoms with van der Waals surface area (Å²) in [5, 5.41) is 0. The number of hydrogen-bond donors (Lipinski definition) is 0. The quantitative estimate of drug-likeness (QED) is 0.223. The molecule has 0 N–H and O–H groups in total. The van der Waals surface area contributed by atoms with Gasteiger partial charge >= 0.3 is 257 Å². The van der Waals surface area contributed by atoms with Gasteiger partial charge in [-0.15, -0.1) is 0 Å². The Morgan fingerprint density at radius 3 is 1.23 bits per heavy atom. The number of hydrogen-bond acceptors (Lipinski definition) is 0. The average molecular weight is 763 g/mol. The maximum atomic E-state index is 8.64. The fraction of sp³-hybridized carbons (Fsp3) is 0.556. The number of allylic oxidation sites excluding steroid dienone is 2. The molecule has 4 heteroatoms. The van der Waals surface area contributed by atoms with Gasteiger partial charge in [0, 0.05) is 0 Å². The van der Waals surface area contributed by atoms with E-state index in [1.165, 1.54) is 55.7 Å². The molecule has 0 aliphatic heterocycles. The Hall–Kier alpha value is -0.413. The maximum absolute atomic E-state index is 8.64. The van der Waals surface area contributed by atoms with Crippen molar-refractivity contribution in [3.8, 4) is 0 Å². The number of rotatable bonds is 9. The topological polar surface area (TPSA) is 0 Å². The first-order chi connectivity index (χ1) is 18.6. The zero-order valence-corrected chi connectivity index (χ0v) is 33.4. The molecule has 0 spiro atoms. The van der Waals surface area contributed by atoms with Crippen LogP contribution in [0.15, 0.2) is 35.4 Å². The standard InChI is InChI=1S/2C17H23.C2H7Si.2ClH.Hf/c2*1-6-13-7-15-9-14(11(2)3)10-16(12(4)5)17(15)8-13;1-3-2;;;/h2*7-12H,6H2,1-5H3;3H,1-2H3;2*1H;/q;;;;;+2/p-2. The summed E-state index contributed by atoms with van der Waals surface area (Å²) < 4.78 is 0.388. The molecule has 2 atom stereocenters. The summed E-state index contributed by atoms with van der Waals surface area (Å²) in [6.45, 7) is 28.2. The second-order valence-electron chi connectivity index (χ2n) is 14.2. The fourth-order valence-corrected chi connectivity index (χ4v) is 52.5. The summed E-state index contributed by atoms with van der Waals surface area (Å²) in [7, 11) is 17.3. The molecular weight excluding hydrogens is 710 g/mol. The molecule has 4 rings (SSSR count). The van der Waals surface area contributed by atoms with Crippen LogP contribution in [0, 0.1) is 0 Å². The molecule has 0 saturated carbocycles. The zero-order chi connectivity index (χ0) is 29.9. The predicted molar refractivity (Wildman–Crippen MR) is 182 cm³/mol. The Morgan fingerprint density at radius 2 is 0.975 bits per heavy atom. The Balaban J connectivity index is 2.11. The molecule has 0 amide bonds. The van der Waals surface area contributed by atoms with Crippen LogP contribution in [-0.2, 0) is 15.3 Å². The Morgan fingerprint density at radius 1 is 0.625 bits per heavy atom. The van der Waals surface area contributed by atoms with Crippen molar-refractivity contribution in [3.63, 3.8) is 0 Å². The number of fused-ring (bicyclic) bond motifs is 2. The van der Waals surface area contributed by atoms with Crippen molar-refractivity contribution in [1.29, 1.82) is 0 Å². The van der Waals surface area contributed by atoms with Crippen LogP contribution in [-0.4, -0.2) is 5.98 Å². The van der Waals surface area contributed by atoms with Gasteiger partial charge in [0.15, 0.2) is 0 Å². The summed E-state index contributed by atoms with van der Waals surface area (Å²) in [5.41, 5.74) is 14.6. The number of halogens is 2. The molecule has 0 saturated heterocycles. The molecular formula is C36H53Cl2HfSi. The van der Waals surface area contributed by atoms with E-state index in [-0.39, 0.29) is 7.35 Å². The van der Waals surface area contributed by atoms with Gasteiger partial charge in [0.2, 0.25) is 0 Å². The average Bonchev–Trinajstić information content (AvgIpc) is 3.46. The van der Waals surface area contributed by atoms with E-state index in [4.69, 9.17) is 17.2 Å². The third-order valence-electron chi connectivity index (χ3n) is 10.2. The minimum atomic E-state index is -4.86. The molecule has 0 nitrogen and oxygen atoms in total. The van der Waals surface area contributed by atoms with Crippen molar-refractivity contribution < 1.29 is 15.3 Å². The molecule has 0 radical (unpaired) electrons. The van der Waals surface area contributed by atoms with Gasteiger partial charge in [-0.3, -0.25) is 0 Å². The van der Waals surface area contributed by atoms with E-state index in [0.29, 0.717) is 23.7 Å². The molecule has 2 unspecified atom stereocenters. The number of benzene rings is 2. The zero-order valence-electron chi connectivity index (χ0n) is 27.2. The molecule has 0 fully saturated rings. The molecule has 0 bridgehead atoms. The van der Waals surface area contributed by atoms with Crippen molar-refractivity contribution in [3.05, 3.63) is 79.9 Å². The summed E-state index contributed by atoms with van der Waals surface area (Å²) in [6, 6.07) is 9.96. The van der Waals surface area contributed by atoms with Crippen LogP contribution >= 0.6 is 17.2 Å². The second-order valence-corrected chi connectivity index (χ2v) is 73.5. The monoisotopic (exact) mass is 763 g/mol. The molecule has 0 heterocycles. The van der Waals surface area contributed by atoms with E-state index >= 15 is 0 Å². The van der Waals surface area contributed by atoms with E-state index < -0.39 is 21.3 Å². The Labute approximate surface area is 254 Å². The first-order valence-electron chi connectivity index (χ1n) is 15.9. The van der Waals surface area contributed by atoms with Crippen LogP contribution in [0.2, 0.25) is 13.1 Å². The molecule has 2 aromatic rings. The van der Waals surface area contributed by atoms with Crippen LogP contribution in [0.5, 0.6) is 0 Å². The molecule has 2 aliphatic rings. The molecule has 2 aliphatic carbocycles. The van der Waals surface area contributed by atoms with Gasteiger partial charge in [-0.1, -0.05) is 0 Å². The third kappa shape index (κ3) is 5.07. The summed E-state index contributed by atoms with van der Waals surface area (Å²) >= 11 is -4.86. The first kappa shape index (κ1) is 32.5. The van der Waals surface area contributed by atoms with Crippen LogP contribution in [0.3, 0.4) is 0 Å². The fourth-order valence-electron chi connectivity index (χ4n) is 7.56. The summed E-state index contributed by atoms with van der Waals surface area (Å²) in [6.07, 6.45) is 7.06.